The zero-order valence-electron chi connectivity index (χ0n) is 12.3. The minimum absolute atomic E-state index is 0.0418. The Morgan fingerprint density at radius 3 is 1.39 bits per heavy atom. The summed E-state index contributed by atoms with van der Waals surface area (Å²) in [5.41, 5.74) is 1.11. The van der Waals surface area contributed by atoms with Gasteiger partial charge in [-0.05, 0) is 55.0 Å². The fourth-order valence-electron chi connectivity index (χ4n) is 1.75. The summed E-state index contributed by atoms with van der Waals surface area (Å²) in [6.45, 7) is 0. The summed E-state index contributed by atoms with van der Waals surface area (Å²) in [6.07, 6.45) is 0.739. The van der Waals surface area contributed by atoms with Crippen LogP contribution in [0.15, 0.2) is 48.5 Å². The monoisotopic (exact) mass is 348 g/mol. The SMILES string of the molecule is O=C(SCCCSC(=O)c1ccc(O)cc1)c1ccc(O)cc1. The van der Waals surface area contributed by atoms with Crippen molar-refractivity contribution in [3.05, 3.63) is 59.7 Å². The van der Waals surface area contributed by atoms with Gasteiger partial charge in [0.25, 0.3) is 0 Å². The van der Waals surface area contributed by atoms with E-state index in [0.29, 0.717) is 22.6 Å². The first-order valence-electron chi connectivity index (χ1n) is 6.98. The molecule has 0 radical (unpaired) electrons. The molecule has 0 heterocycles. The highest BCUT2D eigenvalue weighted by atomic mass is 32.2. The van der Waals surface area contributed by atoms with E-state index in [2.05, 4.69) is 0 Å². The Morgan fingerprint density at radius 2 is 1.04 bits per heavy atom. The van der Waals surface area contributed by atoms with Crippen LogP contribution in [-0.4, -0.2) is 31.9 Å². The number of hydrogen-bond donors (Lipinski definition) is 2. The Hall–Kier alpha value is -1.92. The van der Waals surface area contributed by atoms with Gasteiger partial charge in [0.15, 0.2) is 0 Å². The summed E-state index contributed by atoms with van der Waals surface area (Å²) in [6, 6.07) is 12.3. The van der Waals surface area contributed by atoms with E-state index in [1.54, 1.807) is 24.3 Å². The lowest BCUT2D eigenvalue weighted by Gasteiger charge is -2.02. The van der Waals surface area contributed by atoms with Gasteiger partial charge >= 0.3 is 0 Å². The van der Waals surface area contributed by atoms with Crippen molar-refractivity contribution in [2.45, 2.75) is 6.42 Å². The normalized spacial score (nSPS) is 10.4. The highest BCUT2D eigenvalue weighted by Gasteiger charge is 2.08. The highest BCUT2D eigenvalue weighted by Crippen LogP contribution is 2.19. The Morgan fingerprint density at radius 1 is 0.696 bits per heavy atom. The molecule has 23 heavy (non-hydrogen) atoms. The Kier molecular flexibility index (Phi) is 6.55. The summed E-state index contributed by atoms with van der Waals surface area (Å²) in [4.78, 5) is 23.8. The maximum Gasteiger partial charge on any atom is 0.219 e. The first-order valence-corrected chi connectivity index (χ1v) is 8.95. The van der Waals surface area contributed by atoms with Gasteiger partial charge in [0, 0.05) is 22.6 Å². The third-order valence-electron chi connectivity index (χ3n) is 2.96. The predicted molar refractivity (Wildman–Crippen MR) is 94.4 cm³/mol. The predicted octanol–water partition coefficient (Wildman–Crippen LogP) is 3.93. The van der Waals surface area contributed by atoms with Gasteiger partial charge in [0.1, 0.15) is 11.5 Å². The molecule has 0 spiro atoms. The molecule has 2 N–H and O–H groups in total. The van der Waals surface area contributed by atoms with Crippen LogP contribution in [0.5, 0.6) is 11.5 Å². The van der Waals surface area contributed by atoms with Gasteiger partial charge in [-0.1, -0.05) is 23.5 Å². The second-order valence-corrected chi connectivity index (χ2v) is 6.85. The van der Waals surface area contributed by atoms with Crippen LogP contribution in [0.2, 0.25) is 0 Å². The van der Waals surface area contributed by atoms with Gasteiger partial charge in [-0.3, -0.25) is 9.59 Å². The number of benzene rings is 2. The molecular weight excluding hydrogens is 332 g/mol. The standard InChI is InChI=1S/C17H16O4S2/c18-14-6-2-12(3-7-14)16(20)22-10-1-11-23-17(21)13-4-8-15(19)9-5-13/h2-9,18-19H,1,10-11H2. The minimum Gasteiger partial charge on any atom is -0.508 e. The number of carbonyl (C=O) groups is 2. The highest BCUT2D eigenvalue weighted by molar-refractivity contribution is 8.14. The van der Waals surface area contributed by atoms with Crippen LogP contribution < -0.4 is 0 Å². The molecule has 6 heteroatoms. The maximum atomic E-state index is 11.9. The molecule has 0 fully saturated rings. The van der Waals surface area contributed by atoms with Crippen LogP contribution in [0.4, 0.5) is 0 Å². The number of phenols is 2. The molecule has 0 atom stereocenters. The lowest BCUT2D eigenvalue weighted by Crippen LogP contribution is -1.98. The van der Waals surface area contributed by atoms with Crippen LogP contribution in [0.3, 0.4) is 0 Å². The summed E-state index contributed by atoms with van der Waals surface area (Å²) < 4.78 is 0. The number of aromatic hydroxyl groups is 2. The Bertz CT molecular complexity index is 606. The minimum atomic E-state index is -0.0418. The van der Waals surface area contributed by atoms with Gasteiger partial charge in [-0.2, -0.15) is 0 Å². The Balaban J connectivity index is 1.67. The van der Waals surface area contributed by atoms with E-state index in [9.17, 15) is 19.8 Å². The van der Waals surface area contributed by atoms with Crippen molar-refractivity contribution in [1.29, 1.82) is 0 Å². The lowest BCUT2D eigenvalue weighted by molar-refractivity contribution is 0.108. The van der Waals surface area contributed by atoms with E-state index >= 15 is 0 Å². The molecular formula is C17H16O4S2. The molecule has 0 bridgehead atoms. The van der Waals surface area contributed by atoms with Crippen molar-refractivity contribution in [3.8, 4) is 11.5 Å². The molecule has 0 amide bonds. The van der Waals surface area contributed by atoms with Crippen LogP contribution in [-0.2, 0) is 0 Å². The quantitative estimate of drug-likeness (QED) is 0.770. The summed E-state index contributed by atoms with van der Waals surface area (Å²) in [5.74, 6) is 1.54. The molecule has 2 rings (SSSR count). The number of carbonyl (C=O) groups excluding carboxylic acids is 2. The van der Waals surface area contributed by atoms with Gasteiger partial charge in [-0.15, -0.1) is 0 Å². The topological polar surface area (TPSA) is 74.6 Å². The molecule has 0 aliphatic rings. The molecule has 0 aliphatic carbocycles. The third kappa shape index (κ3) is 5.65. The first-order chi connectivity index (χ1) is 11.1. The van der Waals surface area contributed by atoms with Crippen LogP contribution in [0.1, 0.15) is 27.1 Å². The van der Waals surface area contributed by atoms with Crippen molar-refractivity contribution < 1.29 is 19.8 Å². The number of rotatable bonds is 6. The van der Waals surface area contributed by atoms with E-state index < -0.39 is 0 Å². The molecule has 0 unspecified atom stereocenters. The van der Waals surface area contributed by atoms with Crippen molar-refractivity contribution >= 4 is 33.8 Å². The van der Waals surface area contributed by atoms with Crippen molar-refractivity contribution in [2.75, 3.05) is 11.5 Å². The van der Waals surface area contributed by atoms with E-state index in [-0.39, 0.29) is 21.7 Å². The number of phenolic OH excluding ortho intramolecular Hbond substituents is 2. The van der Waals surface area contributed by atoms with E-state index in [1.165, 1.54) is 47.8 Å². The number of thioether (sulfide) groups is 2. The largest absolute Gasteiger partial charge is 0.508 e. The van der Waals surface area contributed by atoms with E-state index in [1.807, 2.05) is 0 Å². The summed E-state index contributed by atoms with van der Waals surface area (Å²) in [5, 5.41) is 18.3. The second-order valence-electron chi connectivity index (χ2n) is 4.72. The van der Waals surface area contributed by atoms with Gasteiger partial charge in [-0.25, -0.2) is 0 Å². The molecule has 2 aromatic rings. The summed E-state index contributed by atoms with van der Waals surface area (Å²) >= 11 is 2.41. The van der Waals surface area contributed by atoms with Gasteiger partial charge < -0.3 is 10.2 Å². The molecule has 2 aromatic carbocycles. The van der Waals surface area contributed by atoms with E-state index in [0.717, 1.165) is 6.42 Å². The smallest absolute Gasteiger partial charge is 0.219 e. The first kappa shape index (κ1) is 17.4. The van der Waals surface area contributed by atoms with Crippen molar-refractivity contribution in [1.82, 2.24) is 0 Å². The molecule has 0 aromatic heterocycles. The fourth-order valence-corrected chi connectivity index (χ4v) is 3.49. The van der Waals surface area contributed by atoms with Gasteiger partial charge in [0.2, 0.25) is 10.2 Å². The van der Waals surface area contributed by atoms with Crippen molar-refractivity contribution in [3.63, 3.8) is 0 Å². The molecule has 120 valence electrons. The molecule has 0 saturated carbocycles. The molecule has 0 aliphatic heterocycles. The molecule has 4 nitrogen and oxygen atoms in total. The van der Waals surface area contributed by atoms with Crippen LogP contribution in [0.25, 0.3) is 0 Å². The fraction of sp³-hybridized carbons (Fsp3) is 0.176. The average Bonchev–Trinajstić information content (AvgIpc) is 2.55. The zero-order chi connectivity index (χ0) is 16.7. The van der Waals surface area contributed by atoms with Crippen molar-refractivity contribution in [2.24, 2.45) is 0 Å². The maximum absolute atomic E-state index is 11.9. The third-order valence-corrected chi connectivity index (χ3v) is 4.94. The average molecular weight is 348 g/mol. The summed E-state index contributed by atoms with van der Waals surface area (Å²) in [7, 11) is 0. The van der Waals surface area contributed by atoms with Crippen LogP contribution in [0, 0.1) is 0 Å². The number of hydrogen-bond acceptors (Lipinski definition) is 6. The molecule has 0 saturated heterocycles. The van der Waals surface area contributed by atoms with Crippen LogP contribution >= 0.6 is 23.5 Å². The van der Waals surface area contributed by atoms with E-state index in [4.69, 9.17) is 0 Å². The lowest BCUT2D eigenvalue weighted by atomic mass is 10.2. The Labute approximate surface area is 142 Å². The second kappa shape index (κ2) is 8.64. The van der Waals surface area contributed by atoms with Gasteiger partial charge in [0.05, 0.1) is 0 Å². The zero-order valence-corrected chi connectivity index (χ0v) is 13.9.